The summed E-state index contributed by atoms with van der Waals surface area (Å²) in [6.45, 7) is 0. The smallest absolute Gasteiger partial charge is 0.267 e. The van der Waals surface area contributed by atoms with Gasteiger partial charge in [-0.2, -0.15) is 13.2 Å². The van der Waals surface area contributed by atoms with E-state index in [9.17, 15) is 22.8 Å². The summed E-state index contributed by atoms with van der Waals surface area (Å²) in [5, 5.41) is -0.521. The molecule has 0 unspecified atom stereocenters. The number of benzene rings is 2. The van der Waals surface area contributed by atoms with E-state index in [2.05, 4.69) is 15.8 Å². The Morgan fingerprint density at radius 2 is 1.31 bits per heavy atom. The van der Waals surface area contributed by atoms with Crippen molar-refractivity contribution in [3.63, 3.8) is 0 Å². The van der Waals surface area contributed by atoms with Crippen LogP contribution in [0.4, 0.5) is 13.2 Å². The van der Waals surface area contributed by atoms with Crippen LogP contribution >= 0.6 is 11.6 Å². The van der Waals surface area contributed by atoms with Gasteiger partial charge >= 0.3 is 6.18 Å². The molecule has 0 spiro atoms. The molecule has 0 saturated heterocycles. The highest BCUT2D eigenvalue weighted by atomic mass is 35.5. The van der Waals surface area contributed by atoms with E-state index in [0.717, 1.165) is 23.3 Å². The average molecular weight is 420 g/mol. The van der Waals surface area contributed by atoms with Gasteiger partial charge in [-0.05, 0) is 53.6 Å². The van der Waals surface area contributed by atoms with Gasteiger partial charge in [-0.25, -0.2) is 0 Å². The van der Waals surface area contributed by atoms with Crippen molar-refractivity contribution in [1.29, 1.82) is 0 Å². The lowest BCUT2D eigenvalue weighted by Crippen LogP contribution is -2.41. The van der Waals surface area contributed by atoms with Gasteiger partial charge in [-0.15, -0.1) is 0 Å². The van der Waals surface area contributed by atoms with Crippen molar-refractivity contribution in [2.75, 3.05) is 0 Å². The van der Waals surface area contributed by atoms with E-state index in [1.807, 2.05) is 12.1 Å². The molecule has 3 aromatic rings. The van der Waals surface area contributed by atoms with Gasteiger partial charge in [0.25, 0.3) is 11.8 Å². The number of pyridine rings is 1. The molecule has 148 valence electrons. The molecule has 9 heteroatoms. The molecule has 0 bridgehead atoms. The van der Waals surface area contributed by atoms with E-state index in [0.29, 0.717) is 6.07 Å². The molecule has 2 aromatic carbocycles. The summed E-state index contributed by atoms with van der Waals surface area (Å²) in [6.07, 6.45) is -1.41. The maximum Gasteiger partial charge on any atom is 0.417 e. The fourth-order valence-corrected chi connectivity index (χ4v) is 2.72. The summed E-state index contributed by atoms with van der Waals surface area (Å²) in [6, 6.07) is 12.9. The highest BCUT2D eigenvalue weighted by Gasteiger charge is 2.33. The molecule has 0 radical (unpaired) electrons. The third kappa shape index (κ3) is 4.91. The predicted molar refractivity (Wildman–Crippen MR) is 101 cm³/mol. The van der Waals surface area contributed by atoms with Crippen LogP contribution in [0.2, 0.25) is 5.02 Å². The Labute approximate surface area is 168 Å². The fourth-order valence-electron chi connectivity index (χ4n) is 2.50. The van der Waals surface area contributed by atoms with E-state index in [1.54, 1.807) is 36.7 Å². The lowest BCUT2D eigenvalue weighted by molar-refractivity contribution is -0.137. The van der Waals surface area contributed by atoms with E-state index in [-0.39, 0.29) is 11.1 Å². The van der Waals surface area contributed by atoms with Gasteiger partial charge in [0, 0.05) is 23.5 Å². The molecule has 0 aliphatic carbocycles. The van der Waals surface area contributed by atoms with Crippen molar-refractivity contribution in [2.24, 2.45) is 0 Å². The molecule has 0 aliphatic rings. The number of hydrogen-bond donors (Lipinski definition) is 2. The molecule has 2 N–H and O–H groups in total. The zero-order valence-electron chi connectivity index (χ0n) is 14.6. The predicted octanol–water partition coefficient (Wildman–Crippen LogP) is 4.50. The quantitative estimate of drug-likeness (QED) is 0.614. The van der Waals surface area contributed by atoms with E-state index < -0.39 is 28.6 Å². The minimum absolute atomic E-state index is 0.259. The van der Waals surface area contributed by atoms with Gasteiger partial charge in [0.15, 0.2) is 0 Å². The maximum absolute atomic E-state index is 12.9. The Kier molecular flexibility index (Phi) is 5.84. The molecule has 1 aromatic heterocycles. The van der Waals surface area contributed by atoms with Crippen LogP contribution < -0.4 is 10.9 Å². The first-order valence-corrected chi connectivity index (χ1v) is 8.61. The van der Waals surface area contributed by atoms with Gasteiger partial charge in [-0.1, -0.05) is 23.7 Å². The molecule has 2 amide bonds. The van der Waals surface area contributed by atoms with Crippen molar-refractivity contribution in [3.05, 3.63) is 88.7 Å². The van der Waals surface area contributed by atoms with Gasteiger partial charge in [0.2, 0.25) is 0 Å². The van der Waals surface area contributed by atoms with Crippen LogP contribution in [0.1, 0.15) is 26.3 Å². The topological polar surface area (TPSA) is 71.1 Å². The summed E-state index contributed by atoms with van der Waals surface area (Å²) < 4.78 is 38.7. The number of hydrazine groups is 1. The van der Waals surface area contributed by atoms with Gasteiger partial charge in [0.05, 0.1) is 10.6 Å². The molecule has 3 rings (SSSR count). The van der Waals surface area contributed by atoms with Gasteiger partial charge < -0.3 is 0 Å². The minimum Gasteiger partial charge on any atom is -0.267 e. The zero-order chi connectivity index (χ0) is 21.0. The first-order chi connectivity index (χ1) is 13.8. The zero-order valence-corrected chi connectivity index (χ0v) is 15.4. The molecule has 0 fully saturated rings. The monoisotopic (exact) mass is 419 g/mol. The van der Waals surface area contributed by atoms with E-state index >= 15 is 0 Å². The Bertz CT molecular complexity index is 1040. The first-order valence-electron chi connectivity index (χ1n) is 8.23. The lowest BCUT2D eigenvalue weighted by atomic mass is 10.1. The van der Waals surface area contributed by atoms with Crippen molar-refractivity contribution in [3.8, 4) is 11.1 Å². The van der Waals surface area contributed by atoms with Crippen LogP contribution in [0, 0.1) is 0 Å². The minimum atomic E-state index is -4.70. The molecule has 0 aliphatic heterocycles. The number of hydrogen-bond acceptors (Lipinski definition) is 3. The lowest BCUT2D eigenvalue weighted by Gasteiger charge is -2.12. The molecule has 5 nitrogen and oxygen atoms in total. The van der Waals surface area contributed by atoms with Crippen LogP contribution in [-0.2, 0) is 6.18 Å². The number of aromatic nitrogens is 1. The Morgan fingerprint density at radius 3 is 1.90 bits per heavy atom. The normalized spacial score (nSPS) is 11.0. The van der Waals surface area contributed by atoms with Gasteiger partial charge in [-0.3, -0.25) is 25.4 Å². The number of carbonyl (C=O) groups excluding carboxylic acids is 2. The Morgan fingerprint density at radius 1 is 0.793 bits per heavy atom. The number of rotatable bonds is 3. The summed E-state index contributed by atoms with van der Waals surface area (Å²) in [5.41, 5.74) is 4.87. The number of nitrogens with zero attached hydrogens (tertiary/aromatic N) is 1. The molecule has 29 heavy (non-hydrogen) atoms. The second-order valence-electron chi connectivity index (χ2n) is 5.91. The molecular weight excluding hydrogens is 407 g/mol. The highest BCUT2D eigenvalue weighted by Crippen LogP contribution is 2.35. The summed E-state index contributed by atoms with van der Waals surface area (Å²) in [5.74, 6) is -1.53. The molecule has 0 atom stereocenters. The van der Waals surface area contributed by atoms with Crippen molar-refractivity contribution in [2.45, 2.75) is 6.18 Å². The van der Waals surface area contributed by atoms with Crippen molar-refractivity contribution in [1.82, 2.24) is 15.8 Å². The Balaban J connectivity index is 1.65. The van der Waals surface area contributed by atoms with E-state index in [4.69, 9.17) is 11.6 Å². The first kappa shape index (κ1) is 20.3. The molecule has 0 saturated carbocycles. The SMILES string of the molecule is O=C(NNC(=O)c1ccc(Cl)c(C(F)(F)F)c1)c1ccc(-c2ccncc2)cc1. The maximum atomic E-state index is 12.9. The van der Waals surface area contributed by atoms with Crippen molar-refractivity contribution < 1.29 is 22.8 Å². The van der Waals surface area contributed by atoms with Crippen LogP contribution in [0.25, 0.3) is 11.1 Å². The number of alkyl halides is 3. The third-order valence-corrected chi connectivity index (χ3v) is 4.31. The summed E-state index contributed by atoms with van der Waals surface area (Å²) in [4.78, 5) is 28.2. The van der Waals surface area contributed by atoms with Crippen molar-refractivity contribution >= 4 is 23.4 Å². The third-order valence-electron chi connectivity index (χ3n) is 3.98. The number of carbonyl (C=O) groups is 2. The Hall–Kier alpha value is -3.39. The summed E-state index contributed by atoms with van der Waals surface area (Å²) >= 11 is 5.53. The number of amides is 2. The number of halogens is 4. The molecular formula is C20H13ClF3N3O2. The van der Waals surface area contributed by atoms with E-state index in [1.165, 1.54) is 0 Å². The average Bonchev–Trinajstić information content (AvgIpc) is 2.72. The second-order valence-corrected chi connectivity index (χ2v) is 6.32. The largest absolute Gasteiger partial charge is 0.417 e. The fraction of sp³-hybridized carbons (Fsp3) is 0.0500. The second kappa shape index (κ2) is 8.32. The highest BCUT2D eigenvalue weighted by molar-refractivity contribution is 6.31. The van der Waals surface area contributed by atoms with Crippen LogP contribution in [0.15, 0.2) is 67.0 Å². The van der Waals surface area contributed by atoms with Crippen LogP contribution in [0.5, 0.6) is 0 Å². The standard InChI is InChI=1S/C20H13ClF3N3O2/c21-17-6-5-15(11-16(17)20(22,23)24)19(29)27-26-18(28)14-3-1-12(2-4-14)13-7-9-25-10-8-13/h1-11H,(H,26,28)(H,27,29). The number of nitrogens with one attached hydrogen (secondary N) is 2. The van der Waals surface area contributed by atoms with Gasteiger partial charge in [0.1, 0.15) is 0 Å². The summed E-state index contributed by atoms with van der Waals surface area (Å²) in [7, 11) is 0. The van der Waals surface area contributed by atoms with Crippen LogP contribution in [-0.4, -0.2) is 16.8 Å². The molecule has 1 heterocycles. The van der Waals surface area contributed by atoms with Crippen LogP contribution in [0.3, 0.4) is 0 Å².